The van der Waals surface area contributed by atoms with E-state index in [0.29, 0.717) is 11.8 Å². The van der Waals surface area contributed by atoms with E-state index in [1.807, 2.05) is 23.4 Å². The Morgan fingerprint density at radius 1 is 1.18 bits per heavy atom. The lowest BCUT2D eigenvalue weighted by Gasteiger charge is -2.33. The van der Waals surface area contributed by atoms with Crippen molar-refractivity contribution in [1.82, 2.24) is 29.8 Å². The topological polar surface area (TPSA) is 78.3 Å². The van der Waals surface area contributed by atoms with Crippen molar-refractivity contribution < 1.29 is 4.79 Å². The molecule has 1 aromatic carbocycles. The van der Waals surface area contributed by atoms with E-state index in [0.717, 1.165) is 53.9 Å². The van der Waals surface area contributed by atoms with Crippen LogP contribution in [-0.2, 0) is 4.79 Å². The summed E-state index contributed by atoms with van der Waals surface area (Å²) in [7, 11) is 1.84. The molecule has 4 heterocycles. The van der Waals surface area contributed by atoms with Gasteiger partial charge in [-0.3, -0.25) is 4.79 Å². The van der Waals surface area contributed by atoms with E-state index in [9.17, 15) is 4.79 Å². The highest BCUT2D eigenvalue weighted by Crippen LogP contribution is 2.38. The molecule has 2 N–H and O–H groups in total. The third-order valence-electron chi connectivity index (χ3n) is 7.37. The Bertz CT molecular complexity index is 1340. The van der Waals surface area contributed by atoms with Gasteiger partial charge in [0.1, 0.15) is 6.33 Å². The predicted molar refractivity (Wildman–Crippen MR) is 136 cm³/mol. The van der Waals surface area contributed by atoms with Gasteiger partial charge in [0.05, 0.1) is 11.7 Å². The first-order chi connectivity index (χ1) is 16.4. The van der Waals surface area contributed by atoms with Crippen LogP contribution in [0.15, 0.2) is 36.8 Å². The van der Waals surface area contributed by atoms with E-state index < -0.39 is 0 Å². The van der Waals surface area contributed by atoms with E-state index in [1.54, 1.807) is 6.33 Å². The Labute approximate surface area is 200 Å². The molecule has 1 aliphatic heterocycles. The van der Waals surface area contributed by atoms with Gasteiger partial charge in [-0.25, -0.2) is 9.50 Å². The fraction of sp³-hybridized carbons (Fsp3) is 0.444. The monoisotopic (exact) mass is 458 g/mol. The van der Waals surface area contributed by atoms with Crippen LogP contribution in [-0.4, -0.2) is 56.6 Å². The number of hydrogen-bond donors (Lipinski definition) is 2. The summed E-state index contributed by atoms with van der Waals surface area (Å²) in [6, 6.07) is 8.93. The highest BCUT2D eigenvalue weighted by Gasteiger charge is 2.27. The van der Waals surface area contributed by atoms with Crippen LogP contribution in [0, 0.1) is 6.92 Å². The summed E-state index contributed by atoms with van der Waals surface area (Å²) in [5, 5.41) is 8.72. The van der Waals surface area contributed by atoms with Crippen LogP contribution in [0.1, 0.15) is 62.1 Å². The highest BCUT2D eigenvalue weighted by atomic mass is 16.2. The number of rotatable bonds is 5. The van der Waals surface area contributed by atoms with Crippen LogP contribution in [0.4, 0.5) is 0 Å². The number of amides is 1. The molecule has 1 aliphatic rings. The lowest BCUT2D eigenvalue weighted by Crippen LogP contribution is -2.46. The average Bonchev–Trinajstić information content (AvgIpc) is 3.47. The molecule has 1 atom stereocenters. The summed E-state index contributed by atoms with van der Waals surface area (Å²) in [5.74, 6) is 1.05. The standard InChI is InChI=1S/C27H34N6O/c1-16(2)24-22-13-20(19-8-10-32(11-9-19)27(34)18(4)28-5)6-7-23(22)31-25(24)21-12-17(3)26-29-15-30-33(26)14-21/h6-7,12-16,18-19,28,31H,8-11H2,1-5H3/t18-/m0/s1. The second-order valence-corrected chi connectivity index (χ2v) is 9.92. The maximum atomic E-state index is 12.5. The molecule has 3 aromatic heterocycles. The van der Waals surface area contributed by atoms with Gasteiger partial charge in [-0.2, -0.15) is 5.10 Å². The number of piperidine rings is 1. The minimum atomic E-state index is -0.125. The molecule has 0 spiro atoms. The molecule has 1 fully saturated rings. The molecule has 0 radical (unpaired) electrons. The number of nitrogens with one attached hydrogen (secondary N) is 2. The number of carbonyl (C=O) groups excluding carboxylic acids is 1. The zero-order valence-corrected chi connectivity index (χ0v) is 20.7. The van der Waals surface area contributed by atoms with Crippen LogP contribution >= 0.6 is 0 Å². The minimum Gasteiger partial charge on any atom is -0.354 e. The fourth-order valence-corrected chi connectivity index (χ4v) is 5.37. The number of aromatic amines is 1. The van der Waals surface area contributed by atoms with Gasteiger partial charge < -0.3 is 15.2 Å². The Morgan fingerprint density at radius 2 is 1.94 bits per heavy atom. The largest absolute Gasteiger partial charge is 0.354 e. The zero-order valence-electron chi connectivity index (χ0n) is 20.7. The molecule has 178 valence electrons. The Kier molecular flexibility index (Phi) is 5.90. The summed E-state index contributed by atoms with van der Waals surface area (Å²) in [4.78, 5) is 22.6. The number of nitrogens with zero attached hydrogens (tertiary/aromatic N) is 4. The summed E-state index contributed by atoms with van der Waals surface area (Å²) >= 11 is 0. The number of benzene rings is 1. The molecule has 7 nitrogen and oxygen atoms in total. The number of fused-ring (bicyclic) bond motifs is 2. The smallest absolute Gasteiger partial charge is 0.239 e. The molecule has 1 amide bonds. The molecule has 0 saturated carbocycles. The van der Waals surface area contributed by atoms with Crippen molar-refractivity contribution in [2.24, 2.45) is 0 Å². The van der Waals surface area contributed by atoms with Gasteiger partial charge in [0.15, 0.2) is 5.65 Å². The van der Waals surface area contributed by atoms with Gasteiger partial charge in [0.2, 0.25) is 5.91 Å². The number of hydrogen-bond acceptors (Lipinski definition) is 4. The maximum absolute atomic E-state index is 12.5. The molecular weight excluding hydrogens is 424 g/mol. The van der Waals surface area contributed by atoms with E-state index in [-0.39, 0.29) is 11.9 Å². The first-order valence-electron chi connectivity index (χ1n) is 12.3. The van der Waals surface area contributed by atoms with Crippen molar-refractivity contribution in [3.63, 3.8) is 0 Å². The highest BCUT2D eigenvalue weighted by molar-refractivity contribution is 5.92. The first kappa shape index (κ1) is 22.6. The van der Waals surface area contributed by atoms with Gasteiger partial charge in [-0.1, -0.05) is 19.9 Å². The van der Waals surface area contributed by atoms with Crippen molar-refractivity contribution in [3.05, 3.63) is 53.5 Å². The first-order valence-corrected chi connectivity index (χ1v) is 12.3. The number of likely N-dealkylation sites (N-methyl/N-ethyl adjacent to an activating group) is 1. The predicted octanol–water partition coefficient (Wildman–Crippen LogP) is 4.62. The Hall–Kier alpha value is -3.19. The molecule has 34 heavy (non-hydrogen) atoms. The zero-order chi connectivity index (χ0) is 24.0. The van der Waals surface area contributed by atoms with Crippen LogP contribution in [0.25, 0.3) is 27.8 Å². The average molecular weight is 459 g/mol. The minimum absolute atomic E-state index is 0.125. The number of aryl methyl sites for hydroxylation is 1. The summed E-state index contributed by atoms with van der Waals surface area (Å²) in [5.41, 5.74) is 8.16. The van der Waals surface area contributed by atoms with Crippen molar-refractivity contribution in [3.8, 4) is 11.3 Å². The molecule has 7 heteroatoms. The van der Waals surface area contributed by atoms with Gasteiger partial charge in [-0.05, 0) is 80.5 Å². The Morgan fingerprint density at radius 3 is 2.65 bits per heavy atom. The molecule has 5 rings (SSSR count). The van der Waals surface area contributed by atoms with Gasteiger partial charge in [-0.15, -0.1) is 0 Å². The number of H-pyrrole nitrogens is 1. The van der Waals surface area contributed by atoms with Crippen molar-refractivity contribution >= 4 is 22.5 Å². The molecule has 0 bridgehead atoms. The quantitative estimate of drug-likeness (QED) is 0.457. The normalized spacial score (nSPS) is 16.1. The third-order valence-corrected chi connectivity index (χ3v) is 7.37. The van der Waals surface area contributed by atoms with Crippen molar-refractivity contribution in [1.29, 1.82) is 0 Å². The number of aromatic nitrogens is 4. The summed E-state index contributed by atoms with van der Waals surface area (Å²) in [6.07, 6.45) is 5.67. The van der Waals surface area contributed by atoms with Crippen molar-refractivity contribution in [2.75, 3.05) is 20.1 Å². The van der Waals surface area contributed by atoms with Gasteiger partial charge in [0, 0.05) is 35.8 Å². The second kappa shape index (κ2) is 8.87. The van der Waals surface area contributed by atoms with Crippen LogP contribution < -0.4 is 5.32 Å². The number of likely N-dealkylation sites (tertiary alicyclic amines) is 1. The molecule has 0 unspecified atom stereocenters. The van der Waals surface area contributed by atoms with E-state index >= 15 is 0 Å². The van der Waals surface area contributed by atoms with Crippen LogP contribution in [0.2, 0.25) is 0 Å². The molecule has 4 aromatic rings. The maximum Gasteiger partial charge on any atom is 0.239 e. The number of pyridine rings is 1. The molecule has 0 aliphatic carbocycles. The Balaban J connectivity index is 1.48. The second-order valence-electron chi connectivity index (χ2n) is 9.92. The molecule has 1 saturated heterocycles. The van der Waals surface area contributed by atoms with Gasteiger partial charge >= 0.3 is 0 Å². The van der Waals surface area contributed by atoms with E-state index in [1.165, 1.54) is 16.5 Å². The number of carbonyl (C=O) groups is 1. The van der Waals surface area contributed by atoms with Gasteiger partial charge in [0.25, 0.3) is 0 Å². The summed E-state index contributed by atoms with van der Waals surface area (Å²) in [6.45, 7) is 10.2. The lowest BCUT2D eigenvalue weighted by molar-refractivity contribution is -0.133. The molecular formula is C27H34N6O. The van der Waals surface area contributed by atoms with Crippen LogP contribution in [0.5, 0.6) is 0 Å². The van der Waals surface area contributed by atoms with E-state index in [4.69, 9.17) is 0 Å². The lowest BCUT2D eigenvalue weighted by atomic mass is 9.87. The summed E-state index contributed by atoms with van der Waals surface area (Å²) < 4.78 is 1.86. The fourth-order valence-electron chi connectivity index (χ4n) is 5.37. The van der Waals surface area contributed by atoms with Crippen molar-refractivity contribution in [2.45, 2.75) is 58.4 Å². The third kappa shape index (κ3) is 3.88. The SMILES string of the molecule is CN[C@@H](C)C(=O)N1CCC(c2ccc3[nH]c(-c4cc(C)c5ncnn5c4)c(C(C)C)c3c2)CC1. The van der Waals surface area contributed by atoms with Crippen LogP contribution in [0.3, 0.4) is 0 Å². The van der Waals surface area contributed by atoms with E-state index in [2.05, 4.69) is 71.6 Å².